The Morgan fingerprint density at radius 2 is 0.762 bits per heavy atom. The highest BCUT2D eigenvalue weighted by atomic mass is 14.9. The van der Waals surface area contributed by atoms with Gasteiger partial charge in [0.25, 0.3) is 0 Å². The molecule has 0 N–H and O–H groups in total. The molecule has 10 aromatic carbocycles. The van der Waals surface area contributed by atoms with Crippen molar-refractivity contribution in [1.29, 1.82) is 0 Å². The topological polar surface area (TPSA) is 25.8 Å². The summed E-state index contributed by atoms with van der Waals surface area (Å²) in [4.78, 5) is 10.4. The summed E-state index contributed by atoms with van der Waals surface area (Å²) in [5, 5.41) is 4.82. The number of fused-ring (bicyclic) bond motifs is 6. The van der Waals surface area contributed by atoms with Gasteiger partial charge in [0, 0.05) is 16.7 Å². The largest absolute Gasteiger partial charge is 0.228 e. The smallest absolute Gasteiger partial charge is 0.161 e. The van der Waals surface area contributed by atoms with E-state index >= 15 is 0 Å². The van der Waals surface area contributed by atoms with Crippen molar-refractivity contribution in [2.24, 2.45) is 0 Å². The summed E-state index contributed by atoms with van der Waals surface area (Å²) in [6.07, 6.45) is 0. The second-order valence-corrected chi connectivity index (χ2v) is 16.4. The minimum Gasteiger partial charge on any atom is -0.228 e. The lowest BCUT2D eigenvalue weighted by atomic mass is 9.66. The predicted molar refractivity (Wildman–Crippen MR) is 262 cm³/mol. The number of hydrogen-bond donors (Lipinski definition) is 0. The highest BCUT2D eigenvalue weighted by Gasteiger charge is 2.47. The van der Waals surface area contributed by atoms with Crippen LogP contribution in [-0.2, 0) is 5.41 Å². The molecule has 1 aliphatic rings. The second-order valence-electron chi connectivity index (χ2n) is 16.4. The molecule has 1 aromatic heterocycles. The average Bonchev–Trinajstić information content (AvgIpc) is 3.68. The van der Waals surface area contributed by atoms with Gasteiger partial charge in [0.1, 0.15) is 0 Å². The quantitative estimate of drug-likeness (QED) is 0.160. The fraction of sp³-hybridized carbons (Fsp3) is 0.0164. The fourth-order valence-electron chi connectivity index (χ4n) is 10.1. The Morgan fingerprint density at radius 1 is 0.286 bits per heavy atom. The molecule has 0 fully saturated rings. The molecule has 1 aliphatic carbocycles. The van der Waals surface area contributed by atoms with E-state index in [1.165, 1.54) is 60.8 Å². The fourth-order valence-corrected chi connectivity index (χ4v) is 10.1. The maximum absolute atomic E-state index is 5.18. The molecule has 0 saturated carbocycles. The highest BCUT2D eigenvalue weighted by Crippen LogP contribution is 2.58. The monoisotopic (exact) mass is 800 g/mol. The van der Waals surface area contributed by atoms with Crippen LogP contribution in [0.5, 0.6) is 0 Å². The van der Waals surface area contributed by atoms with E-state index in [0.717, 1.165) is 44.4 Å². The van der Waals surface area contributed by atoms with E-state index in [-0.39, 0.29) is 0 Å². The zero-order valence-corrected chi connectivity index (χ0v) is 34.5. The number of benzene rings is 10. The molecule has 63 heavy (non-hydrogen) atoms. The first-order valence-electron chi connectivity index (χ1n) is 21.6. The summed E-state index contributed by atoms with van der Waals surface area (Å²) in [5.41, 5.74) is 17.0. The van der Waals surface area contributed by atoms with Crippen LogP contribution in [0.1, 0.15) is 22.3 Å². The van der Waals surface area contributed by atoms with Crippen molar-refractivity contribution < 1.29 is 0 Å². The van der Waals surface area contributed by atoms with Gasteiger partial charge in [0.15, 0.2) is 5.82 Å². The van der Waals surface area contributed by atoms with Crippen LogP contribution in [0.15, 0.2) is 243 Å². The third-order valence-electron chi connectivity index (χ3n) is 13.0. The Bertz CT molecular complexity index is 3370. The zero-order chi connectivity index (χ0) is 41.7. The first-order chi connectivity index (χ1) is 31.2. The van der Waals surface area contributed by atoms with Crippen LogP contribution in [0.25, 0.3) is 88.8 Å². The first kappa shape index (κ1) is 36.6. The van der Waals surface area contributed by atoms with Crippen molar-refractivity contribution in [3.05, 3.63) is 265 Å². The first-order valence-corrected chi connectivity index (χ1v) is 21.6. The Balaban J connectivity index is 0.964. The maximum Gasteiger partial charge on any atom is 0.161 e. The molecule has 1 heterocycles. The van der Waals surface area contributed by atoms with Crippen molar-refractivity contribution in [2.45, 2.75) is 5.41 Å². The highest BCUT2D eigenvalue weighted by molar-refractivity contribution is 6.05. The summed E-state index contributed by atoms with van der Waals surface area (Å²) in [6, 6.07) is 87.7. The van der Waals surface area contributed by atoms with Crippen LogP contribution in [-0.4, -0.2) is 9.97 Å². The van der Waals surface area contributed by atoms with Crippen LogP contribution < -0.4 is 0 Å². The van der Waals surface area contributed by atoms with Gasteiger partial charge in [0.05, 0.1) is 16.8 Å². The lowest BCUT2D eigenvalue weighted by Crippen LogP contribution is -2.28. The van der Waals surface area contributed by atoms with Gasteiger partial charge in [-0.05, 0) is 95.4 Å². The van der Waals surface area contributed by atoms with Gasteiger partial charge in [-0.1, -0.05) is 224 Å². The molecule has 294 valence electrons. The van der Waals surface area contributed by atoms with Gasteiger partial charge in [-0.25, -0.2) is 9.97 Å². The van der Waals surface area contributed by atoms with Crippen LogP contribution >= 0.6 is 0 Å². The standard InChI is InChI=1S/C61H40N2/c1-5-18-44(19-6-1)57-40-58(45-20-7-2-8-21-45)63-60(62-57)54-37-36-49(51-27-15-16-28-52(51)54)43-31-29-41(30-32-43)46-34-38-56-55(39-46)53-35-33-42-17-13-14-26-50(42)59(53)61(56,47-22-9-3-10-23-47)48-24-11-4-12-25-48/h1-40H. The Labute approximate surface area is 367 Å². The van der Waals surface area contributed by atoms with Gasteiger partial charge in [0.2, 0.25) is 0 Å². The predicted octanol–water partition coefficient (Wildman–Crippen LogP) is 15.5. The maximum atomic E-state index is 5.18. The van der Waals surface area contributed by atoms with E-state index in [9.17, 15) is 0 Å². The molecule has 0 aliphatic heterocycles. The molecule has 0 bridgehead atoms. The molecule has 0 unspecified atom stereocenters. The van der Waals surface area contributed by atoms with Crippen LogP contribution in [0, 0.1) is 0 Å². The number of nitrogens with zero attached hydrogens (tertiary/aromatic N) is 2. The van der Waals surface area contributed by atoms with E-state index in [0.29, 0.717) is 5.82 Å². The summed E-state index contributed by atoms with van der Waals surface area (Å²) in [7, 11) is 0. The molecule has 0 amide bonds. The van der Waals surface area contributed by atoms with E-state index < -0.39 is 5.41 Å². The van der Waals surface area contributed by atoms with E-state index in [1.54, 1.807) is 0 Å². The van der Waals surface area contributed by atoms with E-state index in [2.05, 4.69) is 231 Å². The zero-order valence-electron chi connectivity index (χ0n) is 34.5. The molecular formula is C61H40N2. The van der Waals surface area contributed by atoms with Gasteiger partial charge in [-0.15, -0.1) is 0 Å². The number of rotatable bonds is 7. The molecular weight excluding hydrogens is 761 g/mol. The normalized spacial score (nSPS) is 12.6. The van der Waals surface area contributed by atoms with Crippen molar-refractivity contribution >= 4 is 21.5 Å². The molecule has 0 radical (unpaired) electrons. The Morgan fingerprint density at radius 3 is 1.38 bits per heavy atom. The van der Waals surface area contributed by atoms with Crippen LogP contribution in [0.3, 0.4) is 0 Å². The molecule has 0 spiro atoms. The summed E-state index contributed by atoms with van der Waals surface area (Å²) >= 11 is 0. The summed E-state index contributed by atoms with van der Waals surface area (Å²) < 4.78 is 0. The number of hydrogen-bond acceptors (Lipinski definition) is 2. The van der Waals surface area contributed by atoms with Gasteiger partial charge < -0.3 is 0 Å². The molecule has 0 atom stereocenters. The molecule has 2 heteroatoms. The van der Waals surface area contributed by atoms with Crippen molar-refractivity contribution in [2.75, 3.05) is 0 Å². The average molecular weight is 801 g/mol. The van der Waals surface area contributed by atoms with Crippen molar-refractivity contribution in [3.63, 3.8) is 0 Å². The minimum atomic E-state index is -0.472. The Hall–Kier alpha value is -8.20. The van der Waals surface area contributed by atoms with E-state index in [1.807, 2.05) is 12.1 Å². The molecule has 2 nitrogen and oxygen atoms in total. The Kier molecular flexibility index (Phi) is 8.76. The van der Waals surface area contributed by atoms with Crippen molar-refractivity contribution in [3.8, 4) is 67.3 Å². The summed E-state index contributed by atoms with van der Waals surface area (Å²) in [6.45, 7) is 0. The van der Waals surface area contributed by atoms with Gasteiger partial charge in [-0.2, -0.15) is 0 Å². The van der Waals surface area contributed by atoms with Crippen molar-refractivity contribution in [1.82, 2.24) is 9.97 Å². The lowest BCUT2D eigenvalue weighted by Gasteiger charge is -2.34. The van der Waals surface area contributed by atoms with Gasteiger partial charge >= 0.3 is 0 Å². The lowest BCUT2D eigenvalue weighted by molar-refractivity contribution is 0.775. The minimum absolute atomic E-state index is 0.472. The number of aromatic nitrogens is 2. The van der Waals surface area contributed by atoms with Crippen LogP contribution in [0.2, 0.25) is 0 Å². The third kappa shape index (κ3) is 6.02. The molecule has 12 rings (SSSR count). The third-order valence-corrected chi connectivity index (χ3v) is 13.0. The second kappa shape index (κ2) is 15.1. The van der Waals surface area contributed by atoms with Crippen LogP contribution in [0.4, 0.5) is 0 Å². The summed E-state index contributed by atoms with van der Waals surface area (Å²) in [5.74, 6) is 0.711. The molecule has 0 saturated heterocycles. The molecule has 11 aromatic rings. The van der Waals surface area contributed by atoms with E-state index in [4.69, 9.17) is 9.97 Å². The van der Waals surface area contributed by atoms with Gasteiger partial charge in [-0.3, -0.25) is 0 Å². The SMILES string of the molecule is c1ccc(-c2cc(-c3ccccc3)nc(-c3ccc(-c4ccc(-c5ccc6c(c5)-c5ccc7ccccc7c5C6(c5ccccc5)c5ccccc5)cc4)c4ccccc34)n2)cc1.